The zero-order chi connectivity index (χ0) is 19.4. The van der Waals surface area contributed by atoms with Gasteiger partial charge in [-0.3, -0.25) is 4.79 Å². The van der Waals surface area contributed by atoms with E-state index in [0.717, 1.165) is 15.6 Å². The van der Waals surface area contributed by atoms with Crippen LogP contribution in [-0.4, -0.2) is 42.5 Å². The number of carbonyl (C=O) groups is 1. The topological polar surface area (TPSA) is 84.3 Å². The molecule has 2 aromatic carbocycles. The molecule has 0 saturated heterocycles. The number of carbonyl (C=O) groups excluding carboxylic acids is 1. The van der Waals surface area contributed by atoms with Gasteiger partial charge in [0.1, 0.15) is 0 Å². The first-order valence-electron chi connectivity index (χ1n) is 8.28. The van der Waals surface area contributed by atoms with E-state index in [1.54, 1.807) is 10.9 Å². The van der Waals surface area contributed by atoms with E-state index in [1.807, 2.05) is 36.5 Å². The van der Waals surface area contributed by atoms with E-state index in [9.17, 15) is 13.2 Å². The molecule has 3 rings (SSSR count). The van der Waals surface area contributed by atoms with Crippen molar-refractivity contribution in [3.63, 3.8) is 0 Å². The second-order valence-electron chi connectivity index (χ2n) is 6.12. The van der Waals surface area contributed by atoms with E-state index in [0.29, 0.717) is 12.1 Å². The zero-order valence-corrected chi connectivity index (χ0v) is 15.8. The van der Waals surface area contributed by atoms with Crippen LogP contribution in [0.1, 0.15) is 15.9 Å². The lowest BCUT2D eigenvalue weighted by molar-refractivity contribution is 0.0951. The van der Waals surface area contributed by atoms with Gasteiger partial charge in [0.2, 0.25) is 10.0 Å². The first-order chi connectivity index (χ1) is 12.9. The second kappa shape index (κ2) is 7.73. The van der Waals surface area contributed by atoms with Crippen LogP contribution in [0.3, 0.4) is 0 Å². The zero-order valence-electron chi connectivity index (χ0n) is 15.0. The van der Waals surface area contributed by atoms with Gasteiger partial charge in [-0.2, -0.15) is 5.10 Å². The van der Waals surface area contributed by atoms with Crippen LogP contribution in [-0.2, 0) is 16.6 Å². The molecule has 0 saturated carbocycles. The third-order valence-electron chi connectivity index (χ3n) is 4.00. The normalized spacial score (nSPS) is 11.5. The predicted octanol–water partition coefficient (Wildman–Crippen LogP) is 2.05. The van der Waals surface area contributed by atoms with Gasteiger partial charge in [-0.15, -0.1) is 0 Å². The second-order valence-corrected chi connectivity index (χ2v) is 8.28. The summed E-state index contributed by atoms with van der Waals surface area (Å²) in [6.07, 6.45) is 3.54. The van der Waals surface area contributed by atoms with Gasteiger partial charge in [0.15, 0.2) is 0 Å². The molecule has 0 aliphatic heterocycles. The maximum Gasteiger partial charge on any atom is 0.251 e. The minimum absolute atomic E-state index is 0.146. The lowest BCUT2D eigenvalue weighted by Gasteiger charge is -2.11. The van der Waals surface area contributed by atoms with Crippen molar-refractivity contribution in [2.24, 2.45) is 0 Å². The number of para-hydroxylation sites is 1. The van der Waals surface area contributed by atoms with Crippen molar-refractivity contribution in [3.8, 4) is 5.69 Å². The summed E-state index contributed by atoms with van der Waals surface area (Å²) in [6, 6.07) is 15.5. The van der Waals surface area contributed by atoms with Gasteiger partial charge < -0.3 is 5.32 Å². The number of sulfonamides is 1. The average Bonchev–Trinajstić information content (AvgIpc) is 3.16. The molecule has 0 atom stereocenters. The van der Waals surface area contributed by atoms with E-state index >= 15 is 0 Å². The van der Waals surface area contributed by atoms with Crippen LogP contribution in [0.4, 0.5) is 0 Å². The Morgan fingerprint density at radius 2 is 1.74 bits per heavy atom. The Hall–Kier alpha value is -2.97. The van der Waals surface area contributed by atoms with Crippen LogP contribution >= 0.6 is 0 Å². The molecule has 0 aliphatic carbocycles. The van der Waals surface area contributed by atoms with Crippen molar-refractivity contribution in [1.82, 2.24) is 19.4 Å². The third kappa shape index (κ3) is 4.24. The van der Waals surface area contributed by atoms with Crippen molar-refractivity contribution >= 4 is 15.9 Å². The van der Waals surface area contributed by atoms with E-state index in [2.05, 4.69) is 10.4 Å². The van der Waals surface area contributed by atoms with Gasteiger partial charge in [-0.05, 0) is 36.4 Å². The van der Waals surface area contributed by atoms with Crippen LogP contribution in [0.5, 0.6) is 0 Å². The lowest BCUT2D eigenvalue weighted by atomic mass is 10.2. The largest absolute Gasteiger partial charge is 0.348 e. The Labute approximate surface area is 158 Å². The molecule has 0 aliphatic rings. The fourth-order valence-electron chi connectivity index (χ4n) is 2.45. The Balaban J connectivity index is 1.64. The van der Waals surface area contributed by atoms with Crippen molar-refractivity contribution < 1.29 is 13.2 Å². The Kier molecular flexibility index (Phi) is 5.38. The fraction of sp³-hybridized carbons (Fsp3) is 0.158. The van der Waals surface area contributed by atoms with Gasteiger partial charge in [-0.25, -0.2) is 17.4 Å². The fourth-order valence-corrected chi connectivity index (χ4v) is 3.35. The van der Waals surface area contributed by atoms with Gasteiger partial charge >= 0.3 is 0 Å². The summed E-state index contributed by atoms with van der Waals surface area (Å²) in [5, 5.41) is 7.10. The summed E-state index contributed by atoms with van der Waals surface area (Å²) in [7, 11) is -0.580. The van der Waals surface area contributed by atoms with E-state index in [1.165, 1.54) is 38.4 Å². The molecule has 7 nitrogen and oxygen atoms in total. The van der Waals surface area contributed by atoms with Crippen LogP contribution < -0.4 is 5.32 Å². The molecule has 0 bridgehead atoms. The van der Waals surface area contributed by atoms with E-state index < -0.39 is 10.0 Å². The van der Waals surface area contributed by atoms with E-state index in [4.69, 9.17) is 0 Å². The first-order valence-corrected chi connectivity index (χ1v) is 9.72. The molecule has 0 radical (unpaired) electrons. The summed E-state index contributed by atoms with van der Waals surface area (Å²) in [5.41, 5.74) is 2.19. The van der Waals surface area contributed by atoms with Crippen molar-refractivity contribution in [2.45, 2.75) is 11.4 Å². The number of amides is 1. The summed E-state index contributed by atoms with van der Waals surface area (Å²) < 4.78 is 27.0. The molecule has 1 amide bonds. The smallest absolute Gasteiger partial charge is 0.251 e. The summed E-state index contributed by atoms with van der Waals surface area (Å²) in [4.78, 5) is 12.4. The number of benzene rings is 2. The van der Waals surface area contributed by atoms with Gasteiger partial charge in [0.05, 0.1) is 16.8 Å². The highest BCUT2D eigenvalue weighted by Gasteiger charge is 2.17. The number of rotatable bonds is 6. The molecule has 0 unspecified atom stereocenters. The number of aromatic nitrogens is 2. The molecule has 1 N–H and O–H groups in total. The molecule has 0 spiro atoms. The van der Waals surface area contributed by atoms with Crippen molar-refractivity contribution in [3.05, 3.63) is 78.1 Å². The van der Waals surface area contributed by atoms with E-state index in [-0.39, 0.29) is 10.8 Å². The van der Waals surface area contributed by atoms with Crippen molar-refractivity contribution in [2.75, 3.05) is 14.1 Å². The predicted molar refractivity (Wildman–Crippen MR) is 102 cm³/mol. The lowest BCUT2D eigenvalue weighted by Crippen LogP contribution is -2.24. The van der Waals surface area contributed by atoms with Crippen molar-refractivity contribution in [1.29, 1.82) is 0 Å². The molecule has 1 aromatic heterocycles. The van der Waals surface area contributed by atoms with Gasteiger partial charge in [-0.1, -0.05) is 18.2 Å². The summed E-state index contributed by atoms with van der Waals surface area (Å²) >= 11 is 0. The molecular formula is C19H20N4O3S. The highest BCUT2D eigenvalue weighted by atomic mass is 32.2. The Morgan fingerprint density at radius 1 is 1.07 bits per heavy atom. The molecule has 8 heteroatoms. The summed E-state index contributed by atoms with van der Waals surface area (Å²) in [5.74, 6) is -0.281. The highest BCUT2D eigenvalue weighted by Crippen LogP contribution is 2.14. The molecule has 1 heterocycles. The standard InChI is InChI=1S/C19H20N4O3S/c1-22(2)27(25,26)18-10-8-16(9-11-18)19(24)20-12-15-13-21-23(14-15)17-6-4-3-5-7-17/h3-11,13-14H,12H2,1-2H3,(H,20,24). The van der Waals surface area contributed by atoms with Crippen LogP contribution in [0, 0.1) is 0 Å². The number of hydrogen-bond donors (Lipinski definition) is 1. The minimum Gasteiger partial charge on any atom is -0.348 e. The molecule has 140 valence electrons. The first kappa shape index (κ1) is 18.8. The number of hydrogen-bond acceptors (Lipinski definition) is 4. The number of nitrogens with one attached hydrogen (secondary N) is 1. The maximum absolute atomic E-state index is 12.3. The van der Waals surface area contributed by atoms with Crippen LogP contribution in [0.25, 0.3) is 5.69 Å². The SMILES string of the molecule is CN(C)S(=O)(=O)c1ccc(C(=O)NCc2cnn(-c3ccccc3)c2)cc1. The summed E-state index contributed by atoms with van der Waals surface area (Å²) in [6.45, 7) is 0.323. The quantitative estimate of drug-likeness (QED) is 0.705. The third-order valence-corrected chi connectivity index (χ3v) is 5.83. The van der Waals surface area contributed by atoms with Crippen LogP contribution in [0.2, 0.25) is 0 Å². The molecular weight excluding hydrogens is 364 g/mol. The monoisotopic (exact) mass is 384 g/mol. The highest BCUT2D eigenvalue weighted by molar-refractivity contribution is 7.89. The Bertz CT molecular complexity index is 1030. The molecule has 0 fully saturated rings. The number of nitrogens with zero attached hydrogens (tertiary/aromatic N) is 3. The van der Waals surface area contributed by atoms with Gasteiger partial charge in [0, 0.05) is 38.0 Å². The average molecular weight is 384 g/mol. The Morgan fingerprint density at radius 3 is 2.37 bits per heavy atom. The van der Waals surface area contributed by atoms with Gasteiger partial charge in [0.25, 0.3) is 5.91 Å². The molecule has 3 aromatic rings. The maximum atomic E-state index is 12.3. The minimum atomic E-state index is -3.51. The van der Waals surface area contributed by atoms with Crippen LogP contribution in [0.15, 0.2) is 71.9 Å². The molecule has 27 heavy (non-hydrogen) atoms.